The van der Waals surface area contributed by atoms with Gasteiger partial charge in [-0.1, -0.05) is 36.4 Å². The standard InChI is InChI=1S/C26H31N3O3/c1-20(30)29-15-12-22-6-3-4-7-24(22)25(29)18-26(31)28-14-5-13-27(16-17-28)19-21-8-10-23(32-2)11-9-21/h3-4,6-12,15,25H,5,13-14,16-19H2,1-2H3. The Labute approximate surface area is 190 Å². The minimum Gasteiger partial charge on any atom is -0.497 e. The van der Waals surface area contributed by atoms with Gasteiger partial charge in [0.25, 0.3) is 0 Å². The predicted molar refractivity (Wildman–Crippen MR) is 125 cm³/mol. The lowest BCUT2D eigenvalue weighted by Crippen LogP contribution is -2.39. The van der Waals surface area contributed by atoms with Crippen LogP contribution in [0.5, 0.6) is 5.75 Å². The monoisotopic (exact) mass is 433 g/mol. The van der Waals surface area contributed by atoms with E-state index in [1.54, 1.807) is 18.9 Å². The van der Waals surface area contributed by atoms with Crippen molar-refractivity contribution in [2.45, 2.75) is 32.4 Å². The number of methoxy groups -OCH3 is 1. The lowest BCUT2D eigenvalue weighted by atomic mass is 9.93. The topological polar surface area (TPSA) is 53.1 Å². The molecule has 6 nitrogen and oxygen atoms in total. The lowest BCUT2D eigenvalue weighted by Gasteiger charge is -2.33. The summed E-state index contributed by atoms with van der Waals surface area (Å²) in [6, 6.07) is 15.9. The van der Waals surface area contributed by atoms with Crippen LogP contribution in [0.2, 0.25) is 0 Å². The number of rotatable bonds is 5. The molecule has 2 heterocycles. The number of carbonyl (C=O) groups excluding carboxylic acids is 2. The van der Waals surface area contributed by atoms with Gasteiger partial charge in [-0.25, -0.2) is 0 Å². The summed E-state index contributed by atoms with van der Waals surface area (Å²) in [7, 11) is 1.67. The van der Waals surface area contributed by atoms with Crippen molar-refractivity contribution in [3.63, 3.8) is 0 Å². The highest BCUT2D eigenvalue weighted by Crippen LogP contribution is 2.33. The summed E-state index contributed by atoms with van der Waals surface area (Å²) in [6.07, 6.45) is 5.00. The first-order chi connectivity index (χ1) is 15.5. The van der Waals surface area contributed by atoms with Gasteiger partial charge in [0.15, 0.2) is 0 Å². The summed E-state index contributed by atoms with van der Waals surface area (Å²) >= 11 is 0. The fourth-order valence-electron chi connectivity index (χ4n) is 4.58. The largest absolute Gasteiger partial charge is 0.497 e. The van der Waals surface area contributed by atoms with Crippen LogP contribution in [-0.4, -0.2) is 59.8 Å². The number of benzene rings is 2. The minimum absolute atomic E-state index is 0.0462. The number of nitrogens with zero attached hydrogens (tertiary/aromatic N) is 3. The Morgan fingerprint density at radius 2 is 1.78 bits per heavy atom. The Morgan fingerprint density at radius 1 is 1.00 bits per heavy atom. The lowest BCUT2D eigenvalue weighted by molar-refractivity contribution is -0.134. The molecule has 0 aromatic heterocycles. The third kappa shape index (κ3) is 5.02. The number of amides is 2. The molecule has 2 aliphatic rings. The summed E-state index contributed by atoms with van der Waals surface area (Å²) in [5, 5.41) is 0. The van der Waals surface area contributed by atoms with Gasteiger partial charge < -0.3 is 14.5 Å². The van der Waals surface area contributed by atoms with E-state index in [9.17, 15) is 9.59 Å². The second kappa shape index (κ2) is 10.0. The zero-order valence-electron chi connectivity index (χ0n) is 18.9. The fraction of sp³-hybridized carbons (Fsp3) is 0.385. The molecule has 0 saturated carbocycles. The van der Waals surface area contributed by atoms with Gasteiger partial charge in [-0.15, -0.1) is 0 Å². The van der Waals surface area contributed by atoms with E-state index in [4.69, 9.17) is 4.74 Å². The van der Waals surface area contributed by atoms with E-state index in [1.165, 1.54) is 5.56 Å². The van der Waals surface area contributed by atoms with Crippen LogP contribution in [0.4, 0.5) is 0 Å². The molecular weight excluding hydrogens is 402 g/mol. The van der Waals surface area contributed by atoms with Crippen molar-refractivity contribution in [1.29, 1.82) is 0 Å². The summed E-state index contributed by atoms with van der Waals surface area (Å²) in [4.78, 5) is 31.5. The third-order valence-corrected chi connectivity index (χ3v) is 6.34. The average Bonchev–Trinajstić information content (AvgIpc) is 3.05. The number of fused-ring (bicyclic) bond motifs is 1. The Bertz CT molecular complexity index is 986. The highest BCUT2D eigenvalue weighted by atomic mass is 16.5. The first kappa shape index (κ1) is 22.1. The molecule has 2 aromatic rings. The van der Waals surface area contributed by atoms with Crippen LogP contribution in [0.25, 0.3) is 6.08 Å². The summed E-state index contributed by atoms with van der Waals surface area (Å²) < 4.78 is 5.24. The van der Waals surface area contributed by atoms with Crippen LogP contribution >= 0.6 is 0 Å². The van der Waals surface area contributed by atoms with Crippen molar-refractivity contribution in [3.8, 4) is 5.75 Å². The van der Waals surface area contributed by atoms with Crippen LogP contribution in [0.15, 0.2) is 54.7 Å². The normalized spacial score (nSPS) is 18.8. The van der Waals surface area contributed by atoms with Crippen LogP contribution < -0.4 is 4.74 Å². The number of carbonyl (C=O) groups is 2. The van der Waals surface area contributed by atoms with Crippen molar-refractivity contribution in [2.24, 2.45) is 0 Å². The first-order valence-electron chi connectivity index (χ1n) is 11.2. The fourth-order valence-corrected chi connectivity index (χ4v) is 4.58. The molecule has 2 amide bonds. The minimum atomic E-state index is -0.250. The van der Waals surface area contributed by atoms with E-state index in [0.29, 0.717) is 13.0 Å². The molecule has 0 radical (unpaired) electrons. The van der Waals surface area contributed by atoms with E-state index >= 15 is 0 Å². The SMILES string of the molecule is COc1ccc(CN2CCCN(C(=O)CC3c4ccccc4C=CN3C(C)=O)CC2)cc1. The maximum atomic E-state index is 13.3. The molecule has 4 rings (SSSR count). The molecular formula is C26H31N3O3. The van der Waals surface area contributed by atoms with Crippen molar-refractivity contribution in [1.82, 2.24) is 14.7 Å². The van der Waals surface area contributed by atoms with Crippen LogP contribution in [-0.2, 0) is 16.1 Å². The molecule has 0 aliphatic carbocycles. The Kier molecular flexibility index (Phi) is 6.90. The Balaban J connectivity index is 1.39. The molecule has 6 heteroatoms. The molecule has 168 valence electrons. The van der Waals surface area contributed by atoms with Crippen LogP contribution in [0.1, 0.15) is 42.5 Å². The maximum Gasteiger partial charge on any atom is 0.225 e. The van der Waals surface area contributed by atoms with Crippen molar-refractivity contribution >= 4 is 17.9 Å². The van der Waals surface area contributed by atoms with E-state index in [0.717, 1.165) is 49.5 Å². The zero-order chi connectivity index (χ0) is 22.5. The van der Waals surface area contributed by atoms with Gasteiger partial charge in [-0.05, 0) is 41.3 Å². The van der Waals surface area contributed by atoms with Gasteiger partial charge in [-0.2, -0.15) is 0 Å². The summed E-state index contributed by atoms with van der Waals surface area (Å²) in [5.41, 5.74) is 3.35. The molecule has 0 bridgehead atoms. The zero-order valence-corrected chi connectivity index (χ0v) is 18.9. The third-order valence-electron chi connectivity index (χ3n) is 6.34. The van der Waals surface area contributed by atoms with E-state index in [2.05, 4.69) is 17.0 Å². The highest BCUT2D eigenvalue weighted by molar-refractivity contribution is 5.82. The second-order valence-electron chi connectivity index (χ2n) is 8.45. The molecule has 1 saturated heterocycles. The molecule has 32 heavy (non-hydrogen) atoms. The Hall–Kier alpha value is -3.12. The smallest absolute Gasteiger partial charge is 0.225 e. The van der Waals surface area contributed by atoms with Gasteiger partial charge in [0.2, 0.25) is 11.8 Å². The molecule has 1 atom stereocenters. The van der Waals surface area contributed by atoms with Gasteiger partial charge >= 0.3 is 0 Å². The number of hydrogen-bond acceptors (Lipinski definition) is 4. The Morgan fingerprint density at radius 3 is 2.53 bits per heavy atom. The van der Waals surface area contributed by atoms with Crippen LogP contribution in [0.3, 0.4) is 0 Å². The second-order valence-corrected chi connectivity index (χ2v) is 8.45. The molecule has 0 N–H and O–H groups in total. The molecule has 2 aromatic carbocycles. The summed E-state index contributed by atoms with van der Waals surface area (Å²) in [6.45, 7) is 5.69. The average molecular weight is 434 g/mol. The first-order valence-corrected chi connectivity index (χ1v) is 11.2. The van der Waals surface area contributed by atoms with E-state index < -0.39 is 0 Å². The predicted octanol–water partition coefficient (Wildman–Crippen LogP) is 3.69. The highest BCUT2D eigenvalue weighted by Gasteiger charge is 2.30. The maximum absolute atomic E-state index is 13.3. The van der Waals surface area contributed by atoms with E-state index in [1.807, 2.05) is 53.6 Å². The van der Waals surface area contributed by atoms with Gasteiger partial charge in [-0.3, -0.25) is 14.5 Å². The van der Waals surface area contributed by atoms with Gasteiger partial charge in [0, 0.05) is 45.8 Å². The molecule has 1 fully saturated rings. The van der Waals surface area contributed by atoms with Gasteiger partial charge in [0.1, 0.15) is 5.75 Å². The van der Waals surface area contributed by atoms with Crippen LogP contribution in [0, 0.1) is 0 Å². The number of hydrogen-bond donors (Lipinski definition) is 0. The molecule has 0 spiro atoms. The van der Waals surface area contributed by atoms with Crippen molar-refractivity contribution < 1.29 is 14.3 Å². The van der Waals surface area contributed by atoms with Crippen molar-refractivity contribution in [2.75, 3.05) is 33.3 Å². The summed E-state index contributed by atoms with van der Waals surface area (Å²) in [5.74, 6) is 0.924. The quantitative estimate of drug-likeness (QED) is 0.722. The van der Waals surface area contributed by atoms with Crippen molar-refractivity contribution in [3.05, 3.63) is 71.4 Å². The number of ether oxygens (including phenoxy) is 1. The molecule has 1 unspecified atom stereocenters. The van der Waals surface area contributed by atoms with Gasteiger partial charge in [0.05, 0.1) is 19.6 Å². The van der Waals surface area contributed by atoms with E-state index in [-0.39, 0.29) is 17.9 Å². The molecule has 2 aliphatic heterocycles.